The van der Waals surface area contributed by atoms with Crippen LogP contribution >= 0.6 is 0 Å². The van der Waals surface area contributed by atoms with Crippen LogP contribution in [0.3, 0.4) is 0 Å². The van der Waals surface area contributed by atoms with E-state index in [0.29, 0.717) is 17.4 Å². The van der Waals surface area contributed by atoms with Crippen molar-refractivity contribution in [1.29, 1.82) is 0 Å². The fraction of sp³-hybridized carbons (Fsp3) is 0.857. The summed E-state index contributed by atoms with van der Waals surface area (Å²) in [5.41, 5.74) is 6.53. The Bertz CT molecular complexity index is 235. The van der Waals surface area contributed by atoms with E-state index >= 15 is 0 Å². The first-order chi connectivity index (χ1) is 7.39. The summed E-state index contributed by atoms with van der Waals surface area (Å²) >= 11 is 0. The van der Waals surface area contributed by atoms with Crippen molar-refractivity contribution < 1.29 is 0 Å². The average Bonchev–Trinajstić information content (AvgIpc) is 2.20. The number of nitrogens with two attached hydrogens (primary N) is 1. The molecule has 0 aromatic heterocycles. The van der Waals surface area contributed by atoms with Gasteiger partial charge in [-0.3, -0.25) is 0 Å². The molecule has 0 aliphatic heterocycles. The number of hydrogen-bond acceptors (Lipinski definition) is 2. The van der Waals surface area contributed by atoms with Crippen LogP contribution in [0.2, 0.25) is 0 Å². The fourth-order valence-corrected chi connectivity index (χ4v) is 2.94. The van der Waals surface area contributed by atoms with Gasteiger partial charge >= 0.3 is 0 Å². The molecule has 2 heteroatoms. The van der Waals surface area contributed by atoms with Crippen LogP contribution in [0, 0.1) is 17.3 Å². The summed E-state index contributed by atoms with van der Waals surface area (Å²) in [4.78, 5) is 2.36. The van der Waals surface area contributed by atoms with Crippen molar-refractivity contribution in [2.75, 3.05) is 20.1 Å². The molecule has 0 aromatic carbocycles. The van der Waals surface area contributed by atoms with Crippen molar-refractivity contribution in [3.8, 4) is 0 Å². The molecule has 0 aromatic rings. The van der Waals surface area contributed by atoms with Crippen LogP contribution in [0.15, 0.2) is 12.7 Å². The van der Waals surface area contributed by atoms with Gasteiger partial charge in [0.15, 0.2) is 0 Å². The molecule has 0 bridgehead atoms. The lowest BCUT2D eigenvalue weighted by Gasteiger charge is -2.48. The Morgan fingerprint density at radius 3 is 2.62 bits per heavy atom. The number of nitrogens with zero attached hydrogens (tertiary/aromatic N) is 1. The van der Waals surface area contributed by atoms with E-state index < -0.39 is 0 Å². The molecular weight excluding hydrogens is 196 g/mol. The third-order valence-corrected chi connectivity index (χ3v) is 4.69. The molecule has 3 unspecified atom stereocenters. The van der Waals surface area contributed by atoms with Gasteiger partial charge in [0.1, 0.15) is 0 Å². The van der Waals surface area contributed by atoms with Gasteiger partial charge in [0, 0.05) is 19.1 Å². The Kier molecular flexibility index (Phi) is 4.57. The molecule has 2 nitrogen and oxygen atoms in total. The standard InChI is InChI=1S/C14H28N2/c1-6-9-16(5)10-12-7-8-13(15)11(2)14(12,3)4/h6,11-13H,1,7-10,15H2,2-5H3. The van der Waals surface area contributed by atoms with Gasteiger partial charge in [-0.15, -0.1) is 6.58 Å². The van der Waals surface area contributed by atoms with E-state index in [1.807, 2.05) is 6.08 Å². The minimum absolute atomic E-state index is 0.354. The highest BCUT2D eigenvalue weighted by Gasteiger charge is 2.41. The lowest BCUT2D eigenvalue weighted by atomic mass is 9.61. The van der Waals surface area contributed by atoms with Crippen LogP contribution in [0.25, 0.3) is 0 Å². The highest BCUT2D eigenvalue weighted by atomic mass is 15.1. The molecule has 1 rings (SSSR count). The number of rotatable bonds is 4. The summed E-state index contributed by atoms with van der Waals surface area (Å²) in [5.74, 6) is 1.37. The molecule has 0 radical (unpaired) electrons. The zero-order chi connectivity index (χ0) is 12.3. The maximum absolute atomic E-state index is 6.18. The van der Waals surface area contributed by atoms with E-state index in [0.717, 1.165) is 19.0 Å². The second-order valence-corrected chi connectivity index (χ2v) is 6.06. The largest absolute Gasteiger partial charge is 0.327 e. The molecular formula is C14H28N2. The van der Waals surface area contributed by atoms with Crippen LogP contribution in [0.1, 0.15) is 33.6 Å². The van der Waals surface area contributed by atoms with Gasteiger partial charge in [-0.1, -0.05) is 26.8 Å². The van der Waals surface area contributed by atoms with Crippen molar-refractivity contribution in [2.45, 2.75) is 39.7 Å². The predicted molar refractivity (Wildman–Crippen MR) is 71.3 cm³/mol. The molecule has 3 atom stereocenters. The maximum atomic E-state index is 6.18. The second-order valence-electron chi connectivity index (χ2n) is 6.06. The smallest absolute Gasteiger partial charge is 0.0157 e. The van der Waals surface area contributed by atoms with Crippen molar-refractivity contribution in [3.63, 3.8) is 0 Å². The molecule has 0 saturated heterocycles. The zero-order valence-corrected chi connectivity index (χ0v) is 11.4. The molecule has 94 valence electrons. The summed E-state index contributed by atoms with van der Waals surface area (Å²) in [6.45, 7) is 13.0. The topological polar surface area (TPSA) is 29.3 Å². The van der Waals surface area contributed by atoms with Gasteiger partial charge in [-0.25, -0.2) is 0 Å². The monoisotopic (exact) mass is 224 g/mol. The van der Waals surface area contributed by atoms with E-state index in [9.17, 15) is 0 Å². The molecule has 0 spiro atoms. The lowest BCUT2D eigenvalue weighted by Crippen LogP contribution is -2.49. The van der Waals surface area contributed by atoms with Crippen LogP contribution in [-0.2, 0) is 0 Å². The molecule has 0 heterocycles. The fourth-order valence-electron chi connectivity index (χ4n) is 2.94. The summed E-state index contributed by atoms with van der Waals surface area (Å²) in [5, 5.41) is 0. The van der Waals surface area contributed by atoms with Gasteiger partial charge in [0.25, 0.3) is 0 Å². The number of likely N-dealkylation sites (N-methyl/N-ethyl adjacent to an activating group) is 1. The molecule has 1 saturated carbocycles. The van der Waals surface area contributed by atoms with E-state index in [1.54, 1.807) is 0 Å². The Hall–Kier alpha value is -0.340. The van der Waals surface area contributed by atoms with Crippen LogP contribution in [0.5, 0.6) is 0 Å². The lowest BCUT2D eigenvalue weighted by molar-refractivity contribution is 0.0358. The number of hydrogen-bond donors (Lipinski definition) is 1. The van der Waals surface area contributed by atoms with Crippen molar-refractivity contribution >= 4 is 0 Å². The third-order valence-electron chi connectivity index (χ3n) is 4.69. The van der Waals surface area contributed by atoms with Gasteiger partial charge in [0.05, 0.1) is 0 Å². The maximum Gasteiger partial charge on any atom is 0.0157 e. The summed E-state index contributed by atoms with van der Waals surface area (Å²) in [6.07, 6.45) is 4.42. The second kappa shape index (κ2) is 5.33. The van der Waals surface area contributed by atoms with Gasteiger partial charge in [-0.05, 0) is 37.1 Å². The van der Waals surface area contributed by atoms with Crippen LogP contribution in [0.4, 0.5) is 0 Å². The SMILES string of the molecule is C=CCN(C)CC1CCC(N)C(C)C1(C)C. The normalized spacial score (nSPS) is 34.0. The average molecular weight is 224 g/mol. The van der Waals surface area contributed by atoms with Crippen molar-refractivity contribution in [3.05, 3.63) is 12.7 Å². The first-order valence-electron chi connectivity index (χ1n) is 6.44. The molecule has 2 N–H and O–H groups in total. The highest BCUT2D eigenvalue weighted by Crippen LogP contribution is 2.44. The summed E-state index contributed by atoms with van der Waals surface area (Å²) in [7, 11) is 2.18. The Balaban J connectivity index is 2.63. The molecule has 0 amide bonds. The van der Waals surface area contributed by atoms with Gasteiger partial charge in [-0.2, -0.15) is 0 Å². The minimum Gasteiger partial charge on any atom is -0.327 e. The predicted octanol–water partition coefficient (Wildman–Crippen LogP) is 2.50. The highest BCUT2D eigenvalue weighted by molar-refractivity contribution is 4.94. The first-order valence-corrected chi connectivity index (χ1v) is 6.44. The van der Waals surface area contributed by atoms with E-state index in [4.69, 9.17) is 5.73 Å². The van der Waals surface area contributed by atoms with Gasteiger partial charge in [0.2, 0.25) is 0 Å². The molecule has 1 fully saturated rings. The van der Waals surface area contributed by atoms with Crippen molar-refractivity contribution in [1.82, 2.24) is 4.90 Å². The molecule has 1 aliphatic rings. The Labute approximate surface area is 101 Å². The summed E-state index contributed by atoms with van der Waals surface area (Å²) in [6, 6.07) is 0.385. The van der Waals surface area contributed by atoms with Crippen molar-refractivity contribution in [2.24, 2.45) is 23.0 Å². The van der Waals surface area contributed by atoms with E-state index in [1.165, 1.54) is 12.8 Å². The first kappa shape index (κ1) is 13.7. The van der Waals surface area contributed by atoms with Crippen LogP contribution in [-0.4, -0.2) is 31.1 Å². The van der Waals surface area contributed by atoms with Crippen LogP contribution < -0.4 is 5.73 Å². The van der Waals surface area contributed by atoms with E-state index in [2.05, 4.69) is 39.3 Å². The zero-order valence-electron chi connectivity index (χ0n) is 11.4. The Morgan fingerprint density at radius 2 is 2.06 bits per heavy atom. The molecule has 16 heavy (non-hydrogen) atoms. The van der Waals surface area contributed by atoms with Gasteiger partial charge < -0.3 is 10.6 Å². The van der Waals surface area contributed by atoms with E-state index in [-0.39, 0.29) is 0 Å². The Morgan fingerprint density at radius 1 is 1.44 bits per heavy atom. The molecule has 1 aliphatic carbocycles. The third kappa shape index (κ3) is 2.86. The summed E-state index contributed by atoms with van der Waals surface area (Å²) < 4.78 is 0. The quantitative estimate of drug-likeness (QED) is 0.743. The minimum atomic E-state index is 0.354.